The van der Waals surface area contributed by atoms with E-state index in [9.17, 15) is 0 Å². The number of nitrogens with zero attached hydrogens (tertiary/aromatic N) is 3. The number of hydrogen-bond acceptors (Lipinski definition) is 4. The van der Waals surface area contributed by atoms with Crippen molar-refractivity contribution in [3.63, 3.8) is 0 Å². The summed E-state index contributed by atoms with van der Waals surface area (Å²) >= 11 is 1.86. The normalized spacial score (nSPS) is 11.3. The quantitative estimate of drug-likeness (QED) is 0.427. The maximum Gasteiger partial charge on any atom is 0.234 e. The number of fused-ring (bicyclic) bond motifs is 1. The van der Waals surface area contributed by atoms with Crippen molar-refractivity contribution in [2.24, 2.45) is 0 Å². The average molecular weight is 375 g/mol. The minimum atomic E-state index is 0.561. The first-order chi connectivity index (χ1) is 13.2. The molecule has 0 spiro atoms. The summed E-state index contributed by atoms with van der Waals surface area (Å²) in [6.45, 7) is 4.41. The largest absolute Gasteiger partial charge is 0.497 e. The van der Waals surface area contributed by atoms with Crippen molar-refractivity contribution >= 4 is 17.5 Å². The van der Waals surface area contributed by atoms with Gasteiger partial charge in [-0.05, 0) is 42.5 Å². The van der Waals surface area contributed by atoms with Crippen molar-refractivity contribution in [1.82, 2.24) is 14.4 Å². The summed E-state index contributed by atoms with van der Waals surface area (Å²) in [7, 11) is 1.67. The monoisotopic (exact) mass is 375 g/mol. The van der Waals surface area contributed by atoms with E-state index in [0.29, 0.717) is 11.0 Å². The second-order valence-corrected chi connectivity index (χ2v) is 8.17. The summed E-state index contributed by atoms with van der Waals surface area (Å²) in [4.78, 5) is 10.5. The molecule has 0 aliphatic rings. The molecule has 0 amide bonds. The molecule has 0 aliphatic carbocycles. The van der Waals surface area contributed by atoms with Crippen LogP contribution in [0.1, 0.15) is 13.8 Å². The average Bonchev–Trinajstić information content (AvgIpc) is 3.08. The van der Waals surface area contributed by atoms with E-state index >= 15 is 0 Å². The fourth-order valence-electron chi connectivity index (χ4n) is 3.08. The van der Waals surface area contributed by atoms with Crippen molar-refractivity contribution in [3.8, 4) is 28.3 Å². The molecule has 0 bridgehead atoms. The van der Waals surface area contributed by atoms with Crippen LogP contribution in [0, 0.1) is 0 Å². The van der Waals surface area contributed by atoms with Gasteiger partial charge in [0.2, 0.25) is 5.78 Å². The number of methoxy groups -OCH3 is 1. The van der Waals surface area contributed by atoms with Gasteiger partial charge in [-0.2, -0.15) is 0 Å². The Morgan fingerprint density at radius 3 is 2.33 bits per heavy atom. The minimum Gasteiger partial charge on any atom is -0.497 e. The second-order valence-electron chi connectivity index (χ2n) is 6.52. The third-order valence-corrected chi connectivity index (χ3v) is 5.28. The van der Waals surface area contributed by atoms with Crippen LogP contribution >= 0.6 is 11.8 Å². The number of ether oxygens (including phenoxy) is 1. The number of thioether (sulfide) groups is 1. The Hall–Kier alpha value is -2.79. The van der Waals surface area contributed by atoms with Crippen molar-refractivity contribution < 1.29 is 4.74 Å². The van der Waals surface area contributed by atoms with Crippen molar-refractivity contribution in [2.75, 3.05) is 7.11 Å². The first-order valence-electron chi connectivity index (χ1n) is 8.90. The van der Waals surface area contributed by atoms with E-state index in [4.69, 9.17) is 9.72 Å². The van der Waals surface area contributed by atoms with Gasteiger partial charge >= 0.3 is 0 Å². The van der Waals surface area contributed by atoms with E-state index in [1.165, 1.54) is 4.90 Å². The number of aromatic nitrogens is 3. The SMILES string of the molecule is COc1ccc(-c2nc3ncccn3c2-c2ccc(SC(C)C)cc2)cc1. The fraction of sp³-hybridized carbons (Fsp3) is 0.182. The summed E-state index contributed by atoms with van der Waals surface area (Å²) < 4.78 is 7.33. The minimum absolute atomic E-state index is 0.561. The lowest BCUT2D eigenvalue weighted by molar-refractivity contribution is 0.415. The van der Waals surface area contributed by atoms with Gasteiger partial charge in [0.25, 0.3) is 0 Å². The van der Waals surface area contributed by atoms with E-state index in [1.54, 1.807) is 13.3 Å². The zero-order valence-electron chi connectivity index (χ0n) is 15.6. The van der Waals surface area contributed by atoms with Crippen LogP contribution in [0.15, 0.2) is 71.9 Å². The van der Waals surface area contributed by atoms with Crippen LogP contribution < -0.4 is 4.74 Å². The van der Waals surface area contributed by atoms with E-state index in [0.717, 1.165) is 28.3 Å². The third kappa shape index (κ3) is 3.55. The van der Waals surface area contributed by atoms with Crippen LogP contribution in [-0.2, 0) is 0 Å². The van der Waals surface area contributed by atoms with Gasteiger partial charge in [0.05, 0.1) is 18.5 Å². The molecule has 0 saturated carbocycles. The Balaban J connectivity index is 1.85. The van der Waals surface area contributed by atoms with Crippen LogP contribution in [0.25, 0.3) is 28.3 Å². The summed E-state index contributed by atoms with van der Waals surface area (Å²) in [5.41, 5.74) is 4.12. The highest BCUT2D eigenvalue weighted by Gasteiger charge is 2.16. The van der Waals surface area contributed by atoms with Crippen molar-refractivity contribution in [1.29, 1.82) is 0 Å². The molecule has 5 heteroatoms. The molecule has 0 saturated heterocycles. The van der Waals surface area contributed by atoms with Gasteiger partial charge in [-0.1, -0.05) is 26.0 Å². The molecular formula is C22H21N3OS. The highest BCUT2D eigenvalue weighted by Crippen LogP contribution is 2.34. The molecule has 27 heavy (non-hydrogen) atoms. The Morgan fingerprint density at radius 2 is 1.67 bits per heavy atom. The number of imidazole rings is 1. The Labute approximate surface area is 163 Å². The lowest BCUT2D eigenvalue weighted by Crippen LogP contribution is -1.91. The summed E-state index contributed by atoms with van der Waals surface area (Å²) in [6.07, 6.45) is 3.78. The summed E-state index contributed by atoms with van der Waals surface area (Å²) in [6, 6.07) is 18.6. The lowest BCUT2D eigenvalue weighted by Gasteiger charge is -2.09. The second kappa shape index (κ2) is 7.45. The molecule has 2 aromatic carbocycles. The van der Waals surface area contributed by atoms with Gasteiger partial charge in [-0.3, -0.25) is 4.40 Å². The van der Waals surface area contributed by atoms with Crippen molar-refractivity contribution in [3.05, 3.63) is 67.0 Å². The molecule has 0 atom stereocenters. The first kappa shape index (κ1) is 17.6. The zero-order chi connectivity index (χ0) is 18.8. The Morgan fingerprint density at radius 1 is 0.963 bits per heavy atom. The fourth-order valence-corrected chi connectivity index (χ4v) is 3.91. The van der Waals surface area contributed by atoms with Gasteiger partial charge < -0.3 is 4.74 Å². The molecule has 0 aliphatic heterocycles. The topological polar surface area (TPSA) is 39.4 Å². The van der Waals surface area contributed by atoms with Crippen LogP contribution in [-0.4, -0.2) is 26.7 Å². The molecule has 2 heterocycles. The molecule has 4 aromatic rings. The first-order valence-corrected chi connectivity index (χ1v) is 9.78. The number of rotatable bonds is 5. The highest BCUT2D eigenvalue weighted by molar-refractivity contribution is 7.99. The van der Waals surface area contributed by atoms with Gasteiger partial charge in [0.1, 0.15) is 5.75 Å². The molecule has 0 radical (unpaired) electrons. The smallest absolute Gasteiger partial charge is 0.234 e. The summed E-state index contributed by atoms with van der Waals surface area (Å²) in [5, 5.41) is 0.561. The maximum absolute atomic E-state index is 5.28. The van der Waals surface area contributed by atoms with E-state index in [1.807, 2.05) is 52.7 Å². The van der Waals surface area contributed by atoms with Crippen LogP contribution in [0.5, 0.6) is 5.75 Å². The van der Waals surface area contributed by atoms with Gasteiger partial charge in [-0.15, -0.1) is 11.8 Å². The number of hydrogen-bond donors (Lipinski definition) is 0. The maximum atomic E-state index is 5.28. The molecule has 0 unspecified atom stereocenters. The van der Waals surface area contributed by atoms with Gasteiger partial charge in [0, 0.05) is 33.7 Å². The molecule has 136 valence electrons. The third-order valence-electron chi connectivity index (χ3n) is 4.27. The molecule has 4 nitrogen and oxygen atoms in total. The Kier molecular flexibility index (Phi) is 4.86. The molecule has 0 N–H and O–H groups in total. The standard InChI is InChI=1S/C22H21N3OS/c1-15(2)27-19-11-7-17(8-12-19)21-20(16-5-9-18(26-3)10-6-16)24-22-23-13-4-14-25(21)22/h4-15H,1-3H3. The molecule has 0 fully saturated rings. The predicted molar refractivity (Wildman–Crippen MR) is 111 cm³/mol. The molecular weight excluding hydrogens is 354 g/mol. The van der Waals surface area contributed by atoms with Crippen LogP contribution in [0.4, 0.5) is 0 Å². The predicted octanol–water partition coefficient (Wildman–Crippen LogP) is 5.57. The van der Waals surface area contributed by atoms with Gasteiger partial charge in [-0.25, -0.2) is 9.97 Å². The van der Waals surface area contributed by atoms with Crippen LogP contribution in [0.3, 0.4) is 0 Å². The van der Waals surface area contributed by atoms with E-state index in [-0.39, 0.29) is 0 Å². The zero-order valence-corrected chi connectivity index (χ0v) is 16.4. The summed E-state index contributed by atoms with van der Waals surface area (Å²) in [5.74, 6) is 1.52. The number of benzene rings is 2. The lowest BCUT2D eigenvalue weighted by atomic mass is 10.0. The van der Waals surface area contributed by atoms with E-state index in [2.05, 4.69) is 43.1 Å². The molecule has 2 aromatic heterocycles. The van der Waals surface area contributed by atoms with Crippen LogP contribution in [0.2, 0.25) is 0 Å². The van der Waals surface area contributed by atoms with Crippen molar-refractivity contribution in [2.45, 2.75) is 24.0 Å². The highest BCUT2D eigenvalue weighted by atomic mass is 32.2. The Bertz CT molecular complexity index is 1050. The van der Waals surface area contributed by atoms with E-state index < -0.39 is 0 Å². The molecule has 4 rings (SSSR count). The van der Waals surface area contributed by atoms with Gasteiger partial charge in [0.15, 0.2) is 0 Å².